The van der Waals surface area contributed by atoms with Gasteiger partial charge in [-0.2, -0.15) is 0 Å². The van der Waals surface area contributed by atoms with Crippen LogP contribution >= 0.6 is 11.3 Å². The Hall–Kier alpha value is -3.63. The van der Waals surface area contributed by atoms with Gasteiger partial charge < -0.3 is 29.0 Å². The Balaban J connectivity index is 2.23. The number of aromatic carboxylic acids is 1. The topological polar surface area (TPSA) is 90.2 Å². The molecule has 7 nitrogen and oxygen atoms in total. The SMILES string of the molecule is COCC(C)(C)c1c(-c2cc(OC)c(C(=O)O)s2)c2c(O)cc(F)cc2n1-c1ccc(F)c(OC)c1. The van der Waals surface area contributed by atoms with Gasteiger partial charge in [-0.1, -0.05) is 13.8 Å². The fraction of sp³-hybridized carbons (Fsp3) is 0.269. The standard InChI is InChI=1S/C26H25F2NO6S/c1-26(2,12-33-3)24-22(20-11-19(35-5)23(36-20)25(31)32)21-16(8-13(27)9-17(21)30)29(24)14-6-7-15(28)18(10-14)34-4/h6-11,30H,12H2,1-5H3,(H,31,32). The molecule has 0 aliphatic rings. The summed E-state index contributed by atoms with van der Waals surface area (Å²) in [6, 6.07) is 8.08. The number of carboxylic acid groups (broad SMARTS) is 1. The second-order valence-electron chi connectivity index (χ2n) is 8.83. The maximum absolute atomic E-state index is 14.6. The average molecular weight is 518 g/mol. The normalized spacial score (nSPS) is 11.8. The molecule has 0 fully saturated rings. The number of methoxy groups -OCH3 is 3. The monoisotopic (exact) mass is 517 g/mol. The molecule has 10 heteroatoms. The van der Waals surface area contributed by atoms with Crippen LogP contribution in [0.25, 0.3) is 27.0 Å². The minimum atomic E-state index is -1.16. The molecule has 0 spiro atoms. The Morgan fingerprint density at radius 3 is 2.33 bits per heavy atom. The van der Waals surface area contributed by atoms with Crippen LogP contribution in [0.2, 0.25) is 0 Å². The fourth-order valence-electron chi connectivity index (χ4n) is 4.53. The van der Waals surface area contributed by atoms with Crippen LogP contribution in [-0.4, -0.2) is 48.7 Å². The van der Waals surface area contributed by atoms with Crippen LogP contribution in [0.3, 0.4) is 0 Å². The van der Waals surface area contributed by atoms with Crippen molar-refractivity contribution in [2.24, 2.45) is 0 Å². The molecule has 4 aromatic rings. The van der Waals surface area contributed by atoms with Crippen LogP contribution in [0.4, 0.5) is 8.78 Å². The second-order valence-corrected chi connectivity index (χ2v) is 9.88. The Morgan fingerprint density at radius 2 is 1.75 bits per heavy atom. The molecule has 2 heterocycles. The number of aromatic nitrogens is 1. The summed E-state index contributed by atoms with van der Waals surface area (Å²) in [6.45, 7) is 4.04. The number of phenols is 1. The van der Waals surface area contributed by atoms with Crippen molar-refractivity contribution in [3.05, 3.63) is 58.6 Å². The van der Waals surface area contributed by atoms with Crippen LogP contribution in [-0.2, 0) is 10.2 Å². The zero-order chi connectivity index (χ0) is 26.4. The minimum absolute atomic E-state index is 0.0158. The molecule has 0 bridgehead atoms. The third-order valence-corrected chi connectivity index (χ3v) is 7.03. The molecule has 0 saturated carbocycles. The number of phenolic OH excluding ortho intramolecular Hbond substituents is 1. The van der Waals surface area contributed by atoms with Gasteiger partial charge in [-0.25, -0.2) is 13.6 Å². The number of carboxylic acids is 1. The third-order valence-electron chi connectivity index (χ3n) is 5.91. The molecule has 2 aromatic heterocycles. The van der Waals surface area contributed by atoms with Gasteiger partial charge in [-0.3, -0.25) is 0 Å². The van der Waals surface area contributed by atoms with E-state index in [0.717, 1.165) is 17.4 Å². The summed E-state index contributed by atoms with van der Waals surface area (Å²) in [6.07, 6.45) is 0. The zero-order valence-corrected chi connectivity index (χ0v) is 21.1. The summed E-state index contributed by atoms with van der Waals surface area (Å²) in [5, 5.41) is 21.0. The zero-order valence-electron chi connectivity index (χ0n) is 20.3. The highest BCUT2D eigenvalue weighted by molar-refractivity contribution is 7.17. The number of rotatable bonds is 8. The van der Waals surface area contributed by atoms with Crippen LogP contribution in [0.5, 0.6) is 17.2 Å². The first-order valence-electron chi connectivity index (χ1n) is 10.9. The Morgan fingerprint density at radius 1 is 1.06 bits per heavy atom. The molecule has 0 atom stereocenters. The lowest BCUT2D eigenvalue weighted by atomic mass is 9.86. The van der Waals surface area contributed by atoms with Crippen molar-refractivity contribution in [3.8, 4) is 33.4 Å². The van der Waals surface area contributed by atoms with Gasteiger partial charge >= 0.3 is 5.97 Å². The van der Waals surface area contributed by atoms with E-state index in [4.69, 9.17) is 14.2 Å². The Labute approximate surface area is 210 Å². The summed E-state index contributed by atoms with van der Waals surface area (Å²) >= 11 is 0.972. The summed E-state index contributed by atoms with van der Waals surface area (Å²) in [7, 11) is 4.26. The number of aromatic hydroxyl groups is 1. The van der Waals surface area contributed by atoms with E-state index < -0.39 is 23.0 Å². The summed E-state index contributed by atoms with van der Waals surface area (Å²) in [5.41, 5.74) is 1.10. The van der Waals surface area contributed by atoms with E-state index in [1.165, 1.54) is 38.5 Å². The molecule has 2 aromatic carbocycles. The molecule has 0 radical (unpaired) electrons. The molecule has 0 aliphatic carbocycles. The number of carbonyl (C=O) groups is 1. The average Bonchev–Trinajstić information content (AvgIpc) is 3.39. The van der Waals surface area contributed by atoms with Crippen LogP contribution in [0.1, 0.15) is 29.2 Å². The van der Waals surface area contributed by atoms with Crippen molar-refractivity contribution in [2.45, 2.75) is 19.3 Å². The van der Waals surface area contributed by atoms with E-state index in [9.17, 15) is 23.8 Å². The van der Waals surface area contributed by atoms with Gasteiger partial charge in [-0.15, -0.1) is 11.3 Å². The third kappa shape index (κ3) is 4.16. The van der Waals surface area contributed by atoms with Crippen molar-refractivity contribution in [1.29, 1.82) is 0 Å². The van der Waals surface area contributed by atoms with Crippen molar-refractivity contribution < 1.29 is 38.0 Å². The van der Waals surface area contributed by atoms with E-state index in [1.54, 1.807) is 17.7 Å². The maximum Gasteiger partial charge on any atom is 0.349 e. The Bertz CT molecular complexity index is 1470. The largest absolute Gasteiger partial charge is 0.507 e. The van der Waals surface area contributed by atoms with E-state index in [0.29, 0.717) is 32.7 Å². The number of nitrogens with zero attached hydrogens (tertiary/aromatic N) is 1. The van der Waals surface area contributed by atoms with Gasteiger partial charge in [0.25, 0.3) is 0 Å². The smallest absolute Gasteiger partial charge is 0.349 e. The van der Waals surface area contributed by atoms with Gasteiger partial charge in [0.2, 0.25) is 0 Å². The molecule has 0 unspecified atom stereocenters. The molecule has 0 aliphatic heterocycles. The first-order valence-corrected chi connectivity index (χ1v) is 11.7. The number of halogens is 2. The van der Waals surface area contributed by atoms with Crippen LogP contribution in [0, 0.1) is 11.6 Å². The quantitative estimate of drug-likeness (QED) is 0.299. The van der Waals surface area contributed by atoms with E-state index >= 15 is 0 Å². The number of benzene rings is 2. The minimum Gasteiger partial charge on any atom is -0.507 e. The molecule has 4 rings (SSSR count). The number of thiophene rings is 1. The van der Waals surface area contributed by atoms with Gasteiger partial charge in [0, 0.05) is 46.5 Å². The van der Waals surface area contributed by atoms with Crippen molar-refractivity contribution >= 4 is 28.2 Å². The molecule has 2 N–H and O–H groups in total. The van der Waals surface area contributed by atoms with Crippen molar-refractivity contribution in [3.63, 3.8) is 0 Å². The molecule has 36 heavy (non-hydrogen) atoms. The first-order chi connectivity index (χ1) is 17.0. The molecular weight excluding hydrogens is 492 g/mol. The molecular formula is C26H25F2NO6S. The van der Waals surface area contributed by atoms with E-state index in [2.05, 4.69) is 0 Å². The highest BCUT2D eigenvalue weighted by Gasteiger charge is 2.35. The van der Waals surface area contributed by atoms with E-state index in [1.807, 2.05) is 13.8 Å². The van der Waals surface area contributed by atoms with Crippen LogP contribution < -0.4 is 9.47 Å². The van der Waals surface area contributed by atoms with E-state index in [-0.39, 0.29) is 28.7 Å². The van der Waals surface area contributed by atoms with Crippen LogP contribution in [0.15, 0.2) is 36.4 Å². The molecule has 0 saturated heterocycles. The lowest BCUT2D eigenvalue weighted by Gasteiger charge is -2.28. The molecule has 0 amide bonds. The lowest BCUT2D eigenvalue weighted by molar-refractivity contribution is 0.0699. The number of ether oxygens (including phenoxy) is 3. The number of fused-ring (bicyclic) bond motifs is 1. The predicted molar refractivity (Wildman–Crippen MR) is 133 cm³/mol. The lowest BCUT2D eigenvalue weighted by Crippen LogP contribution is -2.27. The summed E-state index contributed by atoms with van der Waals surface area (Å²) < 4.78 is 46.6. The summed E-state index contributed by atoms with van der Waals surface area (Å²) in [4.78, 5) is 12.3. The molecule has 190 valence electrons. The first kappa shape index (κ1) is 25.5. The van der Waals surface area contributed by atoms with Gasteiger partial charge in [0.05, 0.1) is 31.7 Å². The van der Waals surface area contributed by atoms with Gasteiger partial charge in [0.1, 0.15) is 17.3 Å². The van der Waals surface area contributed by atoms with Crippen molar-refractivity contribution in [1.82, 2.24) is 4.57 Å². The second kappa shape index (κ2) is 9.44. The number of hydrogen-bond acceptors (Lipinski definition) is 6. The highest BCUT2D eigenvalue weighted by atomic mass is 32.1. The predicted octanol–water partition coefficient (Wildman–Crippen LogP) is 5.98. The summed E-state index contributed by atoms with van der Waals surface area (Å²) in [5.74, 6) is -2.60. The number of hydrogen-bond donors (Lipinski definition) is 2. The van der Waals surface area contributed by atoms with Gasteiger partial charge in [-0.05, 0) is 24.3 Å². The van der Waals surface area contributed by atoms with Gasteiger partial charge in [0.15, 0.2) is 16.4 Å². The maximum atomic E-state index is 14.6. The van der Waals surface area contributed by atoms with Crippen molar-refractivity contribution in [2.75, 3.05) is 27.9 Å². The highest BCUT2D eigenvalue weighted by Crippen LogP contribution is 2.49. The fourth-order valence-corrected chi connectivity index (χ4v) is 5.54. The Kier molecular flexibility index (Phi) is 6.68.